The number of nitrogens with zero attached hydrogens (tertiary/aromatic N) is 1. The van der Waals surface area contributed by atoms with Crippen molar-refractivity contribution in [1.29, 1.82) is 0 Å². The van der Waals surface area contributed by atoms with Gasteiger partial charge in [-0.3, -0.25) is 9.59 Å². The molecule has 110 valence electrons. The van der Waals surface area contributed by atoms with E-state index in [0.29, 0.717) is 6.54 Å². The summed E-state index contributed by atoms with van der Waals surface area (Å²) in [4.78, 5) is 25.3. The second kappa shape index (κ2) is 8.32. The molecule has 0 saturated heterocycles. The molecule has 0 aliphatic heterocycles. The number of anilines is 1. The number of methoxy groups -OCH3 is 1. The molecule has 1 rings (SSSR count). The van der Waals surface area contributed by atoms with Crippen molar-refractivity contribution in [2.24, 2.45) is 0 Å². The van der Waals surface area contributed by atoms with Crippen LogP contribution >= 0.6 is 0 Å². The van der Waals surface area contributed by atoms with Crippen LogP contribution in [-0.2, 0) is 14.3 Å². The molecule has 0 heterocycles. The van der Waals surface area contributed by atoms with Gasteiger partial charge in [0.15, 0.2) is 0 Å². The minimum Gasteiger partial charge on any atom is -0.375 e. The summed E-state index contributed by atoms with van der Waals surface area (Å²) < 4.78 is 4.83. The number of amides is 2. The molecule has 0 bridgehead atoms. The van der Waals surface area contributed by atoms with Crippen LogP contribution in [-0.4, -0.2) is 43.5 Å². The molecule has 0 atom stereocenters. The number of rotatable bonds is 7. The van der Waals surface area contributed by atoms with Gasteiger partial charge in [0.25, 0.3) is 0 Å². The van der Waals surface area contributed by atoms with Gasteiger partial charge >= 0.3 is 0 Å². The molecule has 0 aliphatic rings. The highest BCUT2D eigenvalue weighted by Gasteiger charge is 2.16. The van der Waals surface area contributed by atoms with Gasteiger partial charge in [-0.25, -0.2) is 0 Å². The van der Waals surface area contributed by atoms with E-state index >= 15 is 0 Å². The molecular formula is C15H22N2O3. The summed E-state index contributed by atoms with van der Waals surface area (Å²) in [6.07, 6.45) is 0.799. The number of carbonyl (C=O) groups is 2. The summed E-state index contributed by atoms with van der Waals surface area (Å²) in [6, 6.07) is 7.54. The SMILES string of the molecule is CCCN(CC(=O)Nc1ccccc1C)C(=O)COC. The number of nitrogens with one attached hydrogen (secondary N) is 1. The molecule has 20 heavy (non-hydrogen) atoms. The molecule has 0 aliphatic carbocycles. The van der Waals surface area contributed by atoms with Crippen molar-refractivity contribution in [1.82, 2.24) is 4.90 Å². The highest BCUT2D eigenvalue weighted by molar-refractivity contribution is 5.95. The van der Waals surface area contributed by atoms with Crippen molar-refractivity contribution in [3.05, 3.63) is 29.8 Å². The molecule has 5 heteroatoms. The second-order valence-electron chi connectivity index (χ2n) is 4.61. The average molecular weight is 278 g/mol. The Morgan fingerprint density at radius 2 is 2.00 bits per heavy atom. The molecule has 1 aromatic carbocycles. The maximum absolute atomic E-state index is 12.0. The molecule has 1 aromatic rings. The smallest absolute Gasteiger partial charge is 0.249 e. The Morgan fingerprint density at radius 1 is 1.30 bits per heavy atom. The average Bonchev–Trinajstić information content (AvgIpc) is 2.41. The molecular weight excluding hydrogens is 256 g/mol. The zero-order valence-corrected chi connectivity index (χ0v) is 12.3. The van der Waals surface area contributed by atoms with Gasteiger partial charge in [0, 0.05) is 19.3 Å². The predicted octanol–water partition coefficient (Wildman–Crippen LogP) is 1.82. The minimum absolute atomic E-state index is 0.00234. The van der Waals surface area contributed by atoms with Crippen LogP contribution in [0.1, 0.15) is 18.9 Å². The van der Waals surface area contributed by atoms with E-state index in [1.807, 2.05) is 38.1 Å². The summed E-state index contributed by atoms with van der Waals surface area (Å²) >= 11 is 0. The molecule has 0 radical (unpaired) electrons. The molecule has 0 unspecified atom stereocenters. The topological polar surface area (TPSA) is 58.6 Å². The van der Waals surface area contributed by atoms with Crippen molar-refractivity contribution in [2.45, 2.75) is 20.3 Å². The first-order chi connectivity index (χ1) is 9.58. The molecule has 0 aromatic heterocycles. The molecule has 2 amide bonds. The highest BCUT2D eigenvalue weighted by Crippen LogP contribution is 2.12. The predicted molar refractivity (Wildman–Crippen MR) is 78.6 cm³/mol. The largest absolute Gasteiger partial charge is 0.375 e. The summed E-state index contributed by atoms with van der Waals surface area (Å²) in [5.41, 5.74) is 1.76. The maximum Gasteiger partial charge on any atom is 0.249 e. The van der Waals surface area contributed by atoms with E-state index < -0.39 is 0 Å². The zero-order chi connectivity index (χ0) is 15.0. The van der Waals surface area contributed by atoms with E-state index in [1.165, 1.54) is 12.0 Å². The monoisotopic (exact) mass is 278 g/mol. The van der Waals surface area contributed by atoms with Crippen molar-refractivity contribution < 1.29 is 14.3 Å². The fourth-order valence-corrected chi connectivity index (χ4v) is 1.85. The standard InChI is InChI=1S/C15H22N2O3/c1-4-9-17(15(19)11-20-3)10-14(18)16-13-8-6-5-7-12(13)2/h5-8H,4,9-11H2,1-3H3,(H,16,18). The maximum atomic E-state index is 12.0. The molecule has 0 saturated carbocycles. The summed E-state index contributed by atoms with van der Waals surface area (Å²) in [5.74, 6) is -0.369. The van der Waals surface area contributed by atoms with Gasteiger partial charge in [0.2, 0.25) is 11.8 Å². The number of benzene rings is 1. The summed E-state index contributed by atoms with van der Waals surface area (Å²) in [6.45, 7) is 4.48. The third kappa shape index (κ3) is 5.01. The van der Waals surface area contributed by atoms with E-state index in [9.17, 15) is 9.59 Å². The van der Waals surface area contributed by atoms with Gasteiger partial charge in [-0.15, -0.1) is 0 Å². The van der Waals surface area contributed by atoms with Crippen LogP contribution in [0.3, 0.4) is 0 Å². The van der Waals surface area contributed by atoms with Gasteiger partial charge in [0.05, 0.1) is 6.54 Å². The number of para-hydroxylation sites is 1. The van der Waals surface area contributed by atoms with Crippen LogP contribution < -0.4 is 5.32 Å². The van der Waals surface area contributed by atoms with E-state index in [-0.39, 0.29) is 25.0 Å². The van der Waals surface area contributed by atoms with Gasteiger partial charge in [-0.05, 0) is 25.0 Å². The number of carbonyl (C=O) groups excluding carboxylic acids is 2. The van der Waals surface area contributed by atoms with Crippen LogP contribution in [0.4, 0.5) is 5.69 Å². The Morgan fingerprint density at radius 3 is 2.60 bits per heavy atom. The normalized spacial score (nSPS) is 10.2. The first-order valence-corrected chi connectivity index (χ1v) is 6.70. The molecule has 0 spiro atoms. The summed E-state index contributed by atoms with van der Waals surface area (Å²) in [7, 11) is 1.47. The number of aryl methyl sites for hydroxylation is 1. The van der Waals surface area contributed by atoms with E-state index in [4.69, 9.17) is 4.74 Å². The van der Waals surface area contributed by atoms with E-state index in [2.05, 4.69) is 5.32 Å². The Hall–Kier alpha value is -1.88. The quantitative estimate of drug-likeness (QED) is 0.827. The minimum atomic E-state index is -0.197. The Balaban J connectivity index is 2.62. The third-order valence-electron chi connectivity index (χ3n) is 2.87. The van der Waals surface area contributed by atoms with Crippen LogP contribution in [0.25, 0.3) is 0 Å². The van der Waals surface area contributed by atoms with Crippen molar-refractivity contribution in [3.8, 4) is 0 Å². The van der Waals surface area contributed by atoms with Crippen LogP contribution in [0.15, 0.2) is 24.3 Å². The number of ether oxygens (including phenoxy) is 1. The number of hydrogen-bond acceptors (Lipinski definition) is 3. The van der Waals surface area contributed by atoms with Crippen LogP contribution in [0, 0.1) is 6.92 Å². The van der Waals surface area contributed by atoms with E-state index in [1.54, 1.807) is 0 Å². The fraction of sp³-hybridized carbons (Fsp3) is 0.467. The molecule has 0 fully saturated rings. The fourth-order valence-electron chi connectivity index (χ4n) is 1.85. The summed E-state index contributed by atoms with van der Waals surface area (Å²) in [5, 5.41) is 2.82. The Labute approximate surface area is 119 Å². The third-order valence-corrected chi connectivity index (χ3v) is 2.87. The Bertz CT molecular complexity index is 460. The van der Waals surface area contributed by atoms with Crippen molar-refractivity contribution >= 4 is 17.5 Å². The second-order valence-corrected chi connectivity index (χ2v) is 4.61. The lowest BCUT2D eigenvalue weighted by molar-refractivity contribution is -0.138. The van der Waals surface area contributed by atoms with Gasteiger partial charge in [0.1, 0.15) is 6.61 Å². The van der Waals surface area contributed by atoms with Gasteiger partial charge in [-0.1, -0.05) is 25.1 Å². The lowest BCUT2D eigenvalue weighted by atomic mass is 10.2. The van der Waals surface area contributed by atoms with Gasteiger partial charge < -0.3 is 15.0 Å². The highest BCUT2D eigenvalue weighted by atomic mass is 16.5. The van der Waals surface area contributed by atoms with Crippen molar-refractivity contribution in [3.63, 3.8) is 0 Å². The first kappa shape index (κ1) is 16.2. The lowest BCUT2D eigenvalue weighted by Crippen LogP contribution is -2.40. The van der Waals surface area contributed by atoms with Crippen LogP contribution in [0.5, 0.6) is 0 Å². The molecule has 5 nitrogen and oxygen atoms in total. The Kier molecular flexibility index (Phi) is 6.73. The van der Waals surface area contributed by atoms with Gasteiger partial charge in [-0.2, -0.15) is 0 Å². The first-order valence-electron chi connectivity index (χ1n) is 6.70. The van der Waals surface area contributed by atoms with Crippen molar-refractivity contribution in [2.75, 3.05) is 32.1 Å². The number of hydrogen-bond donors (Lipinski definition) is 1. The van der Waals surface area contributed by atoms with Crippen LogP contribution in [0.2, 0.25) is 0 Å². The zero-order valence-electron chi connectivity index (χ0n) is 12.3. The van der Waals surface area contributed by atoms with E-state index in [0.717, 1.165) is 17.7 Å². The molecule has 1 N–H and O–H groups in total. The lowest BCUT2D eigenvalue weighted by Gasteiger charge is -2.21.